The highest BCUT2D eigenvalue weighted by Gasteiger charge is 2.21. The highest BCUT2D eigenvalue weighted by Crippen LogP contribution is 2.23. The molecule has 8 heteroatoms. The molecule has 3 rings (SSSR count). The molecule has 1 aliphatic heterocycles. The number of likely N-dealkylation sites (tertiary alicyclic amines) is 1. The molecule has 8 nitrogen and oxygen atoms in total. The van der Waals surface area contributed by atoms with Crippen molar-refractivity contribution in [3.63, 3.8) is 0 Å². The number of hydrogen-bond acceptors (Lipinski definition) is 6. The number of nitrogens with zero attached hydrogens (tertiary/aromatic N) is 3. The van der Waals surface area contributed by atoms with Gasteiger partial charge >= 0.3 is 0 Å². The number of nitro groups is 1. The van der Waals surface area contributed by atoms with Crippen molar-refractivity contribution in [1.29, 1.82) is 0 Å². The third kappa shape index (κ3) is 6.00. The fourth-order valence-corrected chi connectivity index (χ4v) is 4.10. The Morgan fingerprint density at radius 3 is 2.73 bits per heavy atom. The molecular formula is C22H29N5O3. The molecule has 30 heavy (non-hydrogen) atoms. The highest BCUT2D eigenvalue weighted by atomic mass is 16.6. The van der Waals surface area contributed by atoms with Gasteiger partial charge in [0.15, 0.2) is 0 Å². The smallest absolute Gasteiger partial charge is 0.271 e. The summed E-state index contributed by atoms with van der Waals surface area (Å²) in [7, 11) is 0. The average Bonchev–Trinajstić information content (AvgIpc) is 2.71. The van der Waals surface area contributed by atoms with Crippen LogP contribution in [-0.4, -0.2) is 46.9 Å². The van der Waals surface area contributed by atoms with E-state index in [-0.39, 0.29) is 11.6 Å². The van der Waals surface area contributed by atoms with Gasteiger partial charge in [0.05, 0.1) is 10.5 Å². The van der Waals surface area contributed by atoms with E-state index >= 15 is 0 Å². The number of anilines is 2. The summed E-state index contributed by atoms with van der Waals surface area (Å²) in [6.45, 7) is 8.39. The van der Waals surface area contributed by atoms with E-state index in [1.807, 2.05) is 0 Å². The SMILES string of the molecule is CC1CC(C)CN(CCCNC(=O)c2cccnc2Nc2cccc([N+](=O)[O-])c2)C1. The van der Waals surface area contributed by atoms with Crippen LogP contribution in [0.1, 0.15) is 37.0 Å². The number of non-ortho nitro benzene ring substituents is 1. The van der Waals surface area contributed by atoms with E-state index in [9.17, 15) is 14.9 Å². The lowest BCUT2D eigenvalue weighted by atomic mass is 9.92. The Kier molecular flexibility index (Phi) is 7.35. The van der Waals surface area contributed by atoms with Crippen molar-refractivity contribution in [3.8, 4) is 0 Å². The zero-order valence-electron chi connectivity index (χ0n) is 17.5. The number of carbonyl (C=O) groups excluding carboxylic acids is 1. The zero-order valence-corrected chi connectivity index (χ0v) is 17.5. The van der Waals surface area contributed by atoms with Gasteiger partial charge in [0.2, 0.25) is 0 Å². The van der Waals surface area contributed by atoms with Gasteiger partial charge in [-0.3, -0.25) is 14.9 Å². The van der Waals surface area contributed by atoms with Crippen molar-refractivity contribution in [1.82, 2.24) is 15.2 Å². The third-order valence-corrected chi connectivity index (χ3v) is 5.25. The molecule has 2 atom stereocenters. The predicted octanol–water partition coefficient (Wildman–Crippen LogP) is 3.83. The Morgan fingerprint density at radius 2 is 2.00 bits per heavy atom. The lowest BCUT2D eigenvalue weighted by Crippen LogP contribution is -2.40. The van der Waals surface area contributed by atoms with Crippen molar-refractivity contribution in [2.24, 2.45) is 11.8 Å². The van der Waals surface area contributed by atoms with Crippen LogP contribution in [0.15, 0.2) is 42.6 Å². The summed E-state index contributed by atoms with van der Waals surface area (Å²) in [6, 6.07) is 9.51. The van der Waals surface area contributed by atoms with Gasteiger partial charge in [-0.05, 0) is 49.4 Å². The Labute approximate surface area is 176 Å². The quantitative estimate of drug-likeness (QED) is 0.389. The number of hydrogen-bond donors (Lipinski definition) is 2. The van der Waals surface area contributed by atoms with E-state index in [0.717, 1.165) is 37.9 Å². The molecule has 0 radical (unpaired) electrons. The molecule has 160 valence electrons. The first-order chi connectivity index (χ1) is 14.4. The number of aromatic nitrogens is 1. The number of rotatable bonds is 8. The Morgan fingerprint density at radius 1 is 1.23 bits per heavy atom. The van der Waals surface area contributed by atoms with Gasteiger partial charge < -0.3 is 15.5 Å². The van der Waals surface area contributed by atoms with Crippen LogP contribution in [-0.2, 0) is 0 Å². The van der Waals surface area contributed by atoms with E-state index in [0.29, 0.717) is 23.6 Å². The number of nitrogens with one attached hydrogen (secondary N) is 2. The number of piperidine rings is 1. The second-order valence-electron chi connectivity index (χ2n) is 8.15. The van der Waals surface area contributed by atoms with Crippen LogP contribution >= 0.6 is 0 Å². The normalized spacial score (nSPS) is 19.3. The summed E-state index contributed by atoms with van der Waals surface area (Å²) >= 11 is 0. The van der Waals surface area contributed by atoms with E-state index in [2.05, 4.69) is 34.4 Å². The minimum Gasteiger partial charge on any atom is -0.352 e. The highest BCUT2D eigenvalue weighted by molar-refractivity contribution is 5.99. The molecule has 2 aromatic rings. The molecule has 1 amide bonds. The van der Waals surface area contributed by atoms with Crippen LogP contribution in [0.5, 0.6) is 0 Å². The van der Waals surface area contributed by atoms with Gasteiger partial charge in [0, 0.05) is 43.7 Å². The van der Waals surface area contributed by atoms with Crippen molar-refractivity contribution in [2.45, 2.75) is 26.7 Å². The second-order valence-corrected chi connectivity index (χ2v) is 8.15. The maximum Gasteiger partial charge on any atom is 0.271 e. The number of carbonyl (C=O) groups is 1. The second kappa shape index (κ2) is 10.2. The Bertz CT molecular complexity index is 879. The van der Waals surface area contributed by atoms with Crippen LogP contribution in [0.3, 0.4) is 0 Å². The van der Waals surface area contributed by atoms with Crippen molar-refractivity contribution in [3.05, 3.63) is 58.3 Å². The van der Waals surface area contributed by atoms with Gasteiger partial charge in [-0.2, -0.15) is 0 Å². The summed E-state index contributed by atoms with van der Waals surface area (Å²) in [5.41, 5.74) is 0.887. The lowest BCUT2D eigenvalue weighted by Gasteiger charge is -2.34. The molecule has 1 aliphatic rings. The number of benzene rings is 1. The number of pyridine rings is 1. The summed E-state index contributed by atoms with van der Waals surface area (Å²) < 4.78 is 0. The molecule has 2 N–H and O–H groups in total. The first-order valence-electron chi connectivity index (χ1n) is 10.4. The molecule has 1 aromatic carbocycles. The minimum absolute atomic E-state index is 0.0247. The van der Waals surface area contributed by atoms with E-state index in [4.69, 9.17) is 0 Å². The van der Waals surface area contributed by atoms with Crippen LogP contribution in [0, 0.1) is 22.0 Å². The molecule has 2 unspecified atom stereocenters. The van der Waals surface area contributed by atoms with Crippen molar-refractivity contribution >= 4 is 23.1 Å². The van der Waals surface area contributed by atoms with Gasteiger partial charge in [-0.25, -0.2) is 4.98 Å². The molecule has 0 bridgehead atoms. The fourth-order valence-electron chi connectivity index (χ4n) is 4.10. The fraction of sp³-hybridized carbons (Fsp3) is 0.455. The van der Waals surface area contributed by atoms with Crippen molar-refractivity contribution in [2.75, 3.05) is 31.5 Å². The third-order valence-electron chi connectivity index (χ3n) is 5.25. The van der Waals surface area contributed by atoms with Crippen molar-refractivity contribution < 1.29 is 9.72 Å². The summed E-state index contributed by atoms with van der Waals surface area (Å²) in [5.74, 6) is 1.60. The molecule has 0 aliphatic carbocycles. The molecule has 1 fully saturated rings. The molecule has 2 heterocycles. The van der Waals surface area contributed by atoms with Gasteiger partial charge in [0.1, 0.15) is 5.82 Å². The summed E-state index contributed by atoms with van der Waals surface area (Å²) in [6.07, 6.45) is 3.75. The summed E-state index contributed by atoms with van der Waals surface area (Å²) in [4.78, 5) is 29.9. The molecule has 1 saturated heterocycles. The summed E-state index contributed by atoms with van der Waals surface area (Å²) in [5, 5.41) is 17.0. The van der Waals surface area contributed by atoms with E-state index in [1.165, 1.54) is 18.6 Å². The van der Waals surface area contributed by atoms with Gasteiger partial charge in [0.25, 0.3) is 11.6 Å². The maximum absolute atomic E-state index is 12.7. The number of amides is 1. The van der Waals surface area contributed by atoms with Gasteiger partial charge in [-0.15, -0.1) is 0 Å². The van der Waals surface area contributed by atoms with E-state index in [1.54, 1.807) is 30.5 Å². The molecular weight excluding hydrogens is 382 g/mol. The van der Waals surface area contributed by atoms with Crippen LogP contribution in [0.2, 0.25) is 0 Å². The first kappa shape index (κ1) is 21.7. The molecule has 0 spiro atoms. The van der Waals surface area contributed by atoms with Crippen LogP contribution in [0.25, 0.3) is 0 Å². The lowest BCUT2D eigenvalue weighted by molar-refractivity contribution is -0.384. The Balaban J connectivity index is 1.55. The van der Waals surface area contributed by atoms with Gasteiger partial charge in [-0.1, -0.05) is 19.9 Å². The average molecular weight is 412 g/mol. The monoisotopic (exact) mass is 411 g/mol. The number of nitro benzene ring substituents is 1. The zero-order chi connectivity index (χ0) is 21.5. The largest absolute Gasteiger partial charge is 0.352 e. The molecule has 0 saturated carbocycles. The predicted molar refractivity (Wildman–Crippen MR) is 117 cm³/mol. The Hall–Kier alpha value is -3.00. The minimum atomic E-state index is -0.457. The molecule has 1 aromatic heterocycles. The van der Waals surface area contributed by atoms with Crippen LogP contribution < -0.4 is 10.6 Å². The maximum atomic E-state index is 12.7. The van der Waals surface area contributed by atoms with E-state index < -0.39 is 4.92 Å². The van der Waals surface area contributed by atoms with Crippen LogP contribution in [0.4, 0.5) is 17.2 Å². The first-order valence-corrected chi connectivity index (χ1v) is 10.4. The standard InChI is InChI=1S/C22H29N5O3/c1-16-12-17(2)15-26(14-16)11-5-10-24-22(28)20-8-4-9-23-21(20)25-18-6-3-7-19(13-18)27(29)30/h3-4,6-9,13,16-17H,5,10-12,14-15H2,1-2H3,(H,23,25)(H,24,28). The topological polar surface area (TPSA) is 100 Å².